The number of carbonyl (C=O) groups excluding carboxylic acids is 1. The van der Waals surface area contributed by atoms with Crippen molar-refractivity contribution in [2.24, 2.45) is 0 Å². The third-order valence-corrected chi connectivity index (χ3v) is 3.37. The van der Waals surface area contributed by atoms with Gasteiger partial charge >= 0.3 is 0 Å². The molecule has 1 amide bonds. The van der Waals surface area contributed by atoms with Gasteiger partial charge in [0.15, 0.2) is 0 Å². The second kappa shape index (κ2) is 7.38. The molecule has 0 heterocycles. The summed E-state index contributed by atoms with van der Waals surface area (Å²) < 4.78 is 0. The quantitative estimate of drug-likeness (QED) is 0.757. The molecule has 0 aromatic rings. The highest BCUT2D eigenvalue weighted by atomic mass is 16.2. The van der Waals surface area contributed by atoms with E-state index in [0.717, 1.165) is 6.42 Å². The van der Waals surface area contributed by atoms with Crippen LogP contribution in [0.2, 0.25) is 0 Å². The predicted octanol–water partition coefficient (Wildman–Crippen LogP) is 2.30. The molecule has 1 atom stereocenters. The maximum Gasteiger partial charge on any atom is 0.237 e. The van der Waals surface area contributed by atoms with Gasteiger partial charge < -0.3 is 5.32 Å². The molecule has 0 fully saturated rings. The van der Waals surface area contributed by atoms with Crippen LogP contribution in [0.15, 0.2) is 0 Å². The van der Waals surface area contributed by atoms with Crippen LogP contribution >= 0.6 is 0 Å². The van der Waals surface area contributed by atoms with E-state index in [4.69, 9.17) is 5.26 Å². The molecule has 0 spiro atoms. The smallest absolute Gasteiger partial charge is 0.237 e. The van der Waals surface area contributed by atoms with Gasteiger partial charge in [0.2, 0.25) is 5.91 Å². The van der Waals surface area contributed by atoms with E-state index in [0.29, 0.717) is 13.0 Å². The minimum Gasteiger partial charge on any atom is -0.350 e. The number of nitrogens with one attached hydrogen (secondary N) is 1. The average Bonchev–Trinajstić information content (AvgIpc) is 2.28. The lowest BCUT2D eigenvalue weighted by molar-refractivity contribution is -0.128. The summed E-state index contributed by atoms with van der Waals surface area (Å²) in [5, 5.41) is 11.7. The average molecular weight is 253 g/mol. The number of nitriles is 1. The lowest BCUT2D eigenvalue weighted by Crippen LogP contribution is -2.53. The van der Waals surface area contributed by atoms with E-state index >= 15 is 0 Å². The van der Waals surface area contributed by atoms with Crippen LogP contribution in [0, 0.1) is 11.3 Å². The van der Waals surface area contributed by atoms with Gasteiger partial charge in [-0.1, -0.05) is 6.92 Å². The molecule has 4 heteroatoms. The maximum absolute atomic E-state index is 12.2. The SMILES string of the molecule is CCC(C)(C)NC(=O)C(C)N(CCC#N)C(C)C. The van der Waals surface area contributed by atoms with Crippen molar-refractivity contribution in [3.8, 4) is 6.07 Å². The number of hydrogen-bond donors (Lipinski definition) is 1. The van der Waals surface area contributed by atoms with Crippen molar-refractivity contribution in [1.82, 2.24) is 10.2 Å². The van der Waals surface area contributed by atoms with Crippen molar-refractivity contribution in [1.29, 1.82) is 5.26 Å². The van der Waals surface area contributed by atoms with E-state index in [9.17, 15) is 4.79 Å². The van der Waals surface area contributed by atoms with Crippen LogP contribution in [0.25, 0.3) is 0 Å². The molecule has 0 radical (unpaired) electrons. The van der Waals surface area contributed by atoms with Crippen molar-refractivity contribution in [2.45, 2.75) is 72.0 Å². The first-order valence-corrected chi connectivity index (χ1v) is 6.70. The van der Waals surface area contributed by atoms with Crippen molar-refractivity contribution >= 4 is 5.91 Å². The lowest BCUT2D eigenvalue weighted by atomic mass is 10.0. The Morgan fingerprint density at radius 2 is 1.94 bits per heavy atom. The molecular formula is C14H27N3O. The molecular weight excluding hydrogens is 226 g/mol. The minimum atomic E-state index is -0.204. The summed E-state index contributed by atoms with van der Waals surface area (Å²) in [6, 6.07) is 2.18. The molecule has 0 saturated heterocycles. The summed E-state index contributed by atoms with van der Waals surface area (Å²) in [6.45, 7) is 12.7. The molecule has 0 aliphatic rings. The molecule has 0 saturated carbocycles. The highest BCUT2D eigenvalue weighted by Gasteiger charge is 2.27. The second-order valence-corrected chi connectivity index (χ2v) is 5.64. The monoisotopic (exact) mass is 253 g/mol. The Labute approximate surface area is 111 Å². The van der Waals surface area contributed by atoms with E-state index in [1.165, 1.54) is 0 Å². The van der Waals surface area contributed by atoms with Crippen LogP contribution in [0.4, 0.5) is 0 Å². The number of carbonyl (C=O) groups is 1. The molecule has 1 N–H and O–H groups in total. The summed E-state index contributed by atoms with van der Waals surface area (Å²) >= 11 is 0. The van der Waals surface area contributed by atoms with Crippen molar-refractivity contribution < 1.29 is 4.79 Å². The van der Waals surface area contributed by atoms with E-state index in [1.54, 1.807) is 0 Å². The molecule has 1 unspecified atom stereocenters. The van der Waals surface area contributed by atoms with Gasteiger partial charge in [-0.25, -0.2) is 0 Å². The fraction of sp³-hybridized carbons (Fsp3) is 0.857. The second-order valence-electron chi connectivity index (χ2n) is 5.64. The molecule has 0 aliphatic heterocycles. The largest absolute Gasteiger partial charge is 0.350 e. The molecule has 0 rings (SSSR count). The Morgan fingerprint density at radius 1 is 1.39 bits per heavy atom. The van der Waals surface area contributed by atoms with Crippen LogP contribution in [0.5, 0.6) is 0 Å². The standard InChI is InChI=1S/C14H27N3O/c1-7-14(5,6)16-13(18)12(4)17(11(2)3)10-8-9-15/h11-12H,7-8,10H2,1-6H3,(H,16,18). The summed E-state index contributed by atoms with van der Waals surface area (Å²) in [5.41, 5.74) is -0.177. The predicted molar refractivity (Wildman–Crippen MR) is 74.0 cm³/mol. The Balaban J connectivity index is 4.62. The summed E-state index contributed by atoms with van der Waals surface area (Å²) in [5.74, 6) is 0.0356. The number of amides is 1. The van der Waals surface area contributed by atoms with Crippen molar-refractivity contribution in [3.63, 3.8) is 0 Å². The maximum atomic E-state index is 12.2. The number of nitrogens with zero attached hydrogens (tertiary/aromatic N) is 2. The fourth-order valence-corrected chi connectivity index (χ4v) is 1.76. The van der Waals surface area contributed by atoms with Crippen molar-refractivity contribution in [3.05, 3.63) is 0 Å². The first-order chi connectivity index (χ1) is 8.25. The highest BCUT2D eigenvalue weighted by molar-refractivity contribution is 5.82. The van der Waals surface area contributed by atoms with E-state index in [1.807, 2.05) is 34.6 Å². The third kappa shape index (κ3) is 5.50. The summed E-state index contributed by atoms with van der Waals surface area (Å²) in [7, 11) is 0. The number of hydrogen-bond acceptors (Lipinski definition) is 3. The molecule has 4 nitrogen and oxygen atoms in total. The Bertz CT molecular complexity index is 305. The van der Waals surface area contributed by atoms with Gasteiger partial charge in [0.25, 0.3) is 0 Å². The summed E-state index contributed by atoms with van der Waals surface area (Å²) in [6.07, 6.45) is 1.35. The lowest BCUT2D eigenvalue weighted by Gasteiger charge is -2.34. The molecule has 0 aromatic carbocycles. The normalized spacial score (nSPS) is 13.5. The van der Waals surface area contributed by atoms with Crippen LogP contribution < -0.4 is 5.32 Å². The van der Waals surface area contributed by atoms with Gasteiger partial charge in [-0.2, -0.15) is 5.26 Å². The van der Waals surface area contributed by atoms with Gasteiger partial charge in [-0.15, -0.1) is 0 Å². The first-order valence-electron chi connectivity index (χ1n) is 6.70. The molecule has 18 heavy (non-hydrogen) atoms. The van der Waals surface area contributed by atoms with Crippen molar-refractivity contribution in [2.75, 3.05) is 6.54 Å². The zero-order chi connectivity index (χ0) is 14.3. The Morgan fingerprint density at radius 3 is 2.33 bits per heavy atom. The van der Waals surface area contributed by atoms with Gasteiger partial charge in [0.05, 0.1) is 12.1 Å². The Hall–Kier alpha value is -1.08. The zero-order valence-electron chi connectivity index (χ0n) is 12.6. The highest BCUT2D eigenvalue weighted by Crippen LogP contribution is 2.11. The van der Waals surface area contributed by atoms with Gasteiger partial charge in [0, 0.05) is 24.5 Å². The number of rotatable bonds is 7. The van der Waals surface area contributed by atoms with E-state index in [-0.39, 0.29) is 23.5 Å². The van der Waals surface area contributed by atoms with Crippen LogP contribution in [-0.2, 0) is 4.79 Å². The third-order valence-electron chi connectivity index (χ3n) is 3.37. The van der Waals surface area contributed by atoms with E-state index < -0.39 is 0 Å². The van der Waals surface area contributed by atoms with Gasteiger partial charge in [0.1, 0.15) is 0 Å². The zero-order valence-corrected chi connectivity index (χ0v) is 12.6. The van der Waals surface area contributed by atoms with Crippen LogP contribution in [-0.4, -0.2) is 35.0 Å². The van der Waals surface area contributed by atoms with Gasteiger partial charge in [-0.3, -0.25) is 9.69 Å². The molecule has 0 aromatic heterocycles. The topological polar surface area (TPSA) is 56.1 Å². The minimum absolute atomic E-state index is 0.0356. The first kappa shape index (κ1) is 16.9. The Kier molecular flexibility index (Phi) is 6.93. The molecule has 0 bridgehead atoms. The summed E-state index contributed by atoms with van der Waals surface area (Å²) in [4.78, 5) is 14.3. The fourth-order valence-electron chi connectivity index (χ4n) is 1.76. The van der Waals surface area contributed by atoms with Crippen LogP contribution in [0.3, 0.4) is 0 Å². The van der Waals surface area contributed by atoms with E-state index in [2.05, 4.69) is 23.2 Å². The molecule has 0 aliphatic carbocycles. The molecule has 104 valence electrons. The van der Waals surface area contributed by atoms with Gasteiger partial charge in [-0.05, 0) is 41.0 Å². The van der Waals surface area contributed by atoms with Crippen LogP contribution in [0.1, 0.15) is 54.4 Å².